The van der Waals surface area contributed by atoms with E-state index in [1.54, 1.807) is 43.0 Å². The highest BCUT2D eigenvalue weighted by Crippen LogP contribution is 2.22. The summed E-state index contributed by atoms with van der Waals surface area (Å²) in [6, 6.07) is 5.33. The third-order valence-corrected chi connectivity index (χ3v) is 2.46. The van der Waals surface area contributed by atoms with E-state index < -0.39 is 5.97 Å². The maximum atomic E-state index is 11.1. The molecule has 0 spiro atoms. The van der Waals surface area contributed by atoms with E-state index in [-0.39, 0.29) is 5.56 Å². The minimum absolute atomic E-state index is 0.209. The molecule has 5 nitrogen and oxygen atoms in total. The molecule has 1 N–H and O–H groups in total. The van der Waals surface area contributed by atoms with Crippen LogP contribution in [0.2, 0.25) is 0 Å². The van der Waals surface area contributed by atoms with Gasteiger partial charge >= 0.3 is 5.97 Å². The lowest BCUT2D eigenvalue weighted by molar-refractivity contribution is 0.0697. The summed E-state index contributed by atoms with van der Waals surface area (Å²) in [6.45, 7) is 1.73. The summed E-state index contributed by atoms with van der Waals surface area (Å²) in [7, 11) is 1.72. The third-order valence-electron chi connectivity index (χ3n) is 2.46. The van der Waals surface area contributed by atoms with Crippen LogP contribution in [-0.2, 0) is 7.05 Å². The molecule has 0 saturated heterocycles. The highest BCUT2D eigenvalue weighted by atomic mass is 16.4. The highest BCUT2D eigenvalue weighted by Gasteiger charge is 2.20. The normalized spacial score (nSPS) is 10.4. The first kappa shape index (κ1) is 10.4. The van der Waals surface area contributed by atoms with Crippen molar-refractivity contribution in [2.45, 2.75) is 6.92 Å². The maximum absolute atomic E-state index is 11.1. The van der Waals surface area contributed by atoms with Crippen molar-refractivity contribution in [2.24, 2.45) is 7.05 Å². The Morgan fingerprint density at radius 1 is 1.44 bits per heavy atom. The van der Waals surface area contributed by atoms with Crippen molar-refractivity contribution < 1.29 is 9.90 Å². The predicted molar refractivity (Wildman–Crippen MR) is 58.1 cm³/mol. The molecule has 0 aliphatic heterocycles. The van der Waals surface area contributed by atoms with Gasteiger partial charge in [-0.2, -0.15) is 5.10 Å². The van der Waals surface area contributed by atoms with Gasteiger partial charge in [-0.3, -0.25) is 9.67 Å². The molecule has 0 aromatic carbocycles. The first-order valence-electron chi connectivity index (χ1n) is 4.79. The van der Waals surface area contributed by atoms with E-state index in [0.29, 0.717) is 17.1 Å². The average molecular weight is 217 g/mol. The van der Waals surface area contributed by atoms with Gasteiger partial charge in [0, 0.05) is 13.2 Å². The average Bonchev–Trinajstić information content (AvgIpc) is 2.57. The van der Waals surface area contributed by atoms with Crippen LogP contribution in [0, 0.1) is 6.92 Å². The number of aryl methyl sites for hydroxylation is 1. The molecule has 0 radical (unpaired) electrons. The Bertz CT molecular complexity index is 532. The Balaban J connectivity index is 2.66. The number of carboxylic acids is 1. The van der Waals surface area contributed by atoms with Crippen LogP contribution < -0.4 is 0 Å². The topological polar surface area (TPSA) is 68.0 Å². The van der Waals surface area contributed by atoms with E-state index >= 15 is 0 Å². The van der Waals surface area contributed by atoms with Crippen LogP contribution in [0.3, 0.4) is 0 Å². The van der Waals surface area contributed by atoms with E-state index in [4.69, 9.17) is 5.11 Å². The van der Waals surface area contributed by atoms with Crippen molar-refractivity contribution in [1.29, 1.82) is 0 Å². The molecule has 0 saturated carbocycles. The Kier molecular flexibility index (Phi) is 2.44. The molecule has 82 valence electrons. The van der Waals surface area contributed by atoms with Gasteiger partial charge in [-0.15, -0.1) is 0 Å². The first-order chi connectivity index (χ1) is 7.61. The van der Waals surface area contributed by atoms with Crippen molar-refractivity contribution in [1.82, 2.24) is 14.8 Å². The van der Waals surface area contributed by atoms with Gasteiger partial charge in [0.15, 0.2) is 0 Å². The molecule has 0 unspecified atom stereocenters. The van der Waals surface area contributed by atoms with Crippen LogP contribution >= 0.6 is 0 Å². The number of carbonyl (C=O) groups is 1. The number of hydrogen-bond acceptors (Lipinski definition) is 3. The first-order valence-corrected chi connectivity index (χ1v) is 4.79. The lowest BCUT2D eigenvalue weighted by Gasteiger charge is -1.97. The summed E-state index contributed by atoms with van der Waals surface area (Å²) in [5, 5.41) is 13.3. The number of pyridine rings is 1. The fourth-order valence-electron chi connectivity index (χ4n) is 1.55. The minimum atomic E-state index is -0.980. The third kappa shape index (κ3) is 1.56. The van der Waals surface area contributed by atoms with Crippen molar-refractivity contribution in [3.8, 4) is 11.4 Å². The molecular formula is C11H11N3O2. The molecule has 0 amide bonds. The van der Waals surface area contributed by atoms with E-state index in [2.05, 4.69) is 10.1 Å². The molecule has 0 aliphatic carbocycles. The smallest absolute Gasteiger partial charge is 0.339 e. The van der Waals surface area contributed by atoms with Crippen LogP contribution in [0.5, 0.6) is 0 Å². The zero-order chi connectivity index (χ0) is 11.7. The molecule has 5 heteroatoms. The van der Waals surface area contributed by atoms with Crippen LogP contribution in [0.15, 0.2) is 24.4 Å². The maximum Gasteiger partial charge on any atom is 0.339 e. The molecular weight excluding hydrogens is 206 g/mol. The summed E-state index contributed by atoms with van der Waals surface area (Å²) in [6.07, 6.45) is 1.62. The second-order valence-corrected chi connectivity index (χ2v) is 3.45. The van der Waals surface area contributed by atoms with E-state index in [9.17, 15) is 4.79 Å². The van der Waals surface area contributed by atoms with Crippen LogP contribution in [0.1, 0.15) is 16.1 Å². The summed E-state index contributed by atoms with van der Waals surface area (Å²) in [5.74, 6) is -0.980. The quantitative estimate of drug-likeness (QED) is 0.827. The lowest BCUT2D eigenvalue weighted by atomic mass is 10.1. The zero-order valence-electron chi connectivity index (χ0n) is 9.01. The standard InChI is InChI=1S/C11H11N3O2/c1-7-9(11(15)16)10(13-14(7)2)8-5-3-4-6-12-8/h3-6H,1-2H3,(H,15,16). The van der Waals surface area contributed by atoms with Gasteiger partial charge < -0.3 is 5.11 Å². The number of carboxylic acid groups (broad SMARTS) is 1. The molecule has 2 aromatic rings. The summed E-state index contributed by atoms with van der Waals surface area (Å²) in [5.41, 5.74) is 1.81. The Morgan fingerprint density at radius 2 is 2.19 bits per heavy atom. The van der Waals surface area contributed by atoms with Crippen molar-refractivity contribution in [2.75, 3.05) is 0 Å². The highest BCUT2D eigenvalue weighted by molar-refractivity contribution is 5.95. The van der Waals surface area contributed by atoms with Crippen molar-refractivity contribution in [3.63, 3.8) is 0 Å². The fraction of sp³-hybridized carbons (Fsp3) is 0.182. The Morgan fingerprint density at radius 3 is 2.75 bits per heavy atom. The van der Waals surface area contributed by atoms with Gasteiger partial charge in [0.1, 0.15) is 11.3 Å². The number of nitrogens with zero attached hydrogens (tertiary/aromatic N) is 3. The second-order valence-electron chi connectivity index (χ2n) is 3.45. The van der Waals surface area contributed by atoms with Crippen molar-refractivity contribution in [3.05, 3.63) is 35.7 Å². The Hall–Kier alpha value is -2.17. The zero-order valence-corrected chi connectivity index (χ0v) is 9.01. The molecule has 2 heterocycles. The molecule has 0 bridgehead atoms. The van der Waals surface area contributed by atoms with Gasteiger partial charge in [-0.25, -0.2) is 4.79 Å². The number of aromatic nitrogens is 3. The molecule has 0 fully saturated rings. The number of hydrogen-bond donors (Lipinski definition) is 1. The van der Waals surface area contributed by atoms with Gasteiger partial charge in [0.05, 0.1) is 11.4 Å². The lowest BCUT2D eigenvalue weighted by Crippen LogP contribution is -2.01. The second kappa shape index (κ2) is 3.77. The van der Waals surface area contributed by atoms with Gasteiger partial charge in [-0.05, 0) is 19.1 Å². The van der Waals surface area contributed by atoms with Crippen molar-refractivity contribution >= 4 is 5.97 Å². The van der Waals surface area contributed by atoms with Gasteiger partial charge in [0.25, 0.3) is 0 Å². The summed E-state index contributed by atoms with van der Waals surface area (Å²) >= 11 is 0. The van der Waals surface area contributed by atoms with Gasteiger partial charge in [0.2, 0.25) is 0 Å². The van der Waals surface area contributed by atoms with E-state index in [1.165, 1.54) is 0 Å². The minimum Gasteiger partial charge on any atom is -0.478 e. The van der Waals surface area contributed by atoms with Gasteiger partial charge in [-0.1, -0.05) is 6.07 Å². The van der Waals surface area contributed by atoms with Crippen LogP contribution in [0.25, 0.3) is 11.4 Å². The van der Waals surface area contributed by atoms with E-state index in [0.717, 1.165) is 0 Å². The van der Waals surface area contributed by atoms with Crippen LogP contribution in [0.4, 0.5) is 0 Å². The molecule has 0 atom stereocenters. The molecule has 16 heavy (non-hydrogen) atoms. The van der Waals surface area contributed by atoms with Crippen LogP contribution in [-0.4, -0.2) is 25.8 Å². The SMILES string of the molecule is Cc1c(C(=O)O)c(-c2ccccn2)nn1C. The monoisotopic (exact) mass is 217 g/mol. The largest absolute Gasteiger partial charge is 0.478 e. The molecule has 2 aromatic heterocycles. The summed E-state index contributed by atoms with van der Waals surface area (Å²) < 4.78 is 1.55. The predicted octanol–water partition coefficient (Wildman–Crippen LogP) is 1.49. The molecule has 0 aliphatic rings. The Labute approximate surface area is 92.4 Å². The number of aromatic carboxylic acids is 1. The number of rotatable bonds is 2. The fourth-order valence-corrected chi connectivity index (χ4v) is 1.55. The van der Waals surface area contributed by atoms with E-state index in [1.807, 2.05) is 0 Å². The summed E-state index contributed by atoms with van der Waals surface area (Å²) in [4.78, 5) is 15.3. The molecule has 2 rings (SSSR count).